The largest absolute Gasteiger partial charge is 0.493 e. The second kappa shape index (κ2) is 13.7. The molecule has 3 N–H and O–H groups in total. The number of carbonyl (C=O) groups is 4. The fourth-order valence-corrected chi connectivity index (χ4v) is 6.43. The van der Waals surface area contributed by atoms with Crippen LogP contribution in [0, 0.1) is 19.8 Å². The Morgan fingerprint density at radius 2 is 1.83 bits per heavy atom. The Balaban J connectivity index is 1.13. The van der Waals surface area contributed by atoms with E-state index in [9.17, 15) is 24.3 Å². The summed E-state index contributed by atoms with van der Waals surface area (Å²) in [6, 6.07) is 17.2. The summed E-state index contributed by atoms with van der Waals surface area (Å²) in [5.41, 5.74) is 7.39. The number of carbonyl (C=O) groups excluding carboxylic acids is 2. The number of amides is 2. The van der Waals surface area contributed by atoms with Crippen molar-refractivity contribution in [3.8, 4) is 16.9 Å². The molecular weight excluding hydrogens is 612 g/mol. The Morgan fingerprint density at radius 3 is 2.62 bits per heavy atom. The van der Waals surface area contributed by atoms with Crippen molar-refractivity contribution < 1.29 is 34.1 Å². The van der Waals surface area contributed by atoms with Gasteiger partial charge < -0.3 is 25.2 Å². The van der Waals surface area contributed by atoms with Gasteiger partial charge in [0.15, 0.2) is 0 Å². The zero-order chi connectivity index (χ0) is 33.9. The van der Waals surface area contributed by atoms with Gasteiger partial charge in [-0.05, 0) is 90.6 Å². The molecule has 1 fully saturated rings. The molecule has 4 aromatic rings. The Kier molecular flexibility index (Phi) is 9.29. The van der Waals surface area contributed by atoms with Crippen LogP contribution in [0.3, 0.4) is 0 Å². The maximum Gasteiger partial charge on any atom is 0.326 e. The lowest BCUT2D eigenvalue weighted by Gasteiger charge is -2.30. The predicted molar refractivity (Wildman–Crippen MR) is 178 cm³/mol. The van der Waals surface area contributed by atoms with E-state index in [4.69, 9.17) is 9.84 Å². The van der Waals surface area contributed by atoms with Crippen molar-refractivity contribution in [2.24, 2.45) is 5.92 Å². The van der Waals surface area contributed by atoms with Crippen LogP contribution >= 0.6 is 0 Å². The lowest BCUT2D eigenvalue weighted by molar-refractivity contribution is -0.145. The van der Waals surface area contributed by atoms with Gasteiger partial charge in [0, 0.05) is 36.0 Å². The molecule has 0 saturated heterocycles. The number of aryl methyl sites for hydroxylation is 1. The van der Waals surface area contributed by atoms with Crippen molar-refractivity contribution in [2.45, 2.75) is 58.0 Å². The first-order chi connectivity index (χ1) is 23.1. The van der Waals surface area contributed by atoms with E-state index in [2.05, 4.69) is 29.5 Å². The zero-order valence-corrected chi connectivity index (χ0v) is 26.9. The number of nitrogens with one attached hydrogen (secondary N) is 1. The minimum Gasteiger partial charge on any atom is -0.493 e. The molecule has 1 saturated carbocycles. The maximum atomic E-state index is 13.5. The fraction of sp³-hybridized carbons (Fsp3) is 0.324. The molecule has 3 aromatic carbocycles. The van der Waals surface area contributed by atoms with E-state index in [-0.39, 0.29) is 11.5 Å². The summed E-state index contributed by atoms with van der Waals surface area (Å²) in [6.07, 6.45) is 5.09. The van der Waals surface area contributed by atoms with E-state index in [1.165, 1.54) is 11.1 Å². The van der Waals surface area contributed by atoms with E-state index in [1.807, 2.05) is 48.4 Å². The average Bonchev–Trinajstić information content (AvgIpc) is 3.71. The Bertz CT molecular complexity index is 1880. The number of aromatic nitrogens is 2. The number of benzene rings is 3. The number of carboxylic acids is 2. The van der Waals surface area contributed by atoms with Gasteiger partial charge in [0.05, 0.1) is 25.8 Å². The van der Waals surface area contributed by atoms with Crippen molar-refractivity contribution >= 4 is 29.4 Å². The number of carboxylic acid groups (broad SMARTS) is 2. The monoisotopic (exact) mass is 650 g/mol. The summed E-state index contributed by atoms with van der Waals surface area (Å²) in [7, 11) is 0. The summed E-state index contributed by atoms with van der Waals surface area (Å²) in [5, 5.41) is 25.1. The number of rotatable bonds is 13. The Morgan fingerprint density at radius 1 is 1.04 bits per heavy atom. The van der Waals surface area contributed by atoms with Gasteiger partial charge in [0.2, 0.25) is 5.91 Å². The van der Waals surface area contributed by atoms with E-state index in [0.717, 1.165) is 46.7 Å². The molecule has 0 bridgehead atoms. The highest BCUT2D eigenvalue weighted by molar-refractivity contribution is 5.98. The maximum absolute atomic E-state index is 13.5. The molecule has 6 rings (SSSR count). The van der Waals surface area contributed by atoms with Gasteiger partial charge >= 0.3 is 11.9 Å². The number of aliphatic carboxylic acids is 2. The van der Waals surface area contributed by atoms with E-state index in [0.29, 0.717) is 37.8 Å². The van der Waals surface area contributed by atoms with E-state index < -0.39 is 30.3 Å². The van der Waals surface area contributed by atoms with Gasteiger partial charge in [0.1, 0.15) is 11.8 Å². The van der Waals surface area contributed by atoms with Crippen LogP contribution in [-0.2, 0) is 20.9 Å². The summed E-state index contributed by atoms with van der Waals surface area (Å²) in [5.74, 6) is -1.61. The van der Waals surface area contributed by atoms with Gasteiger partial charge in [0.25, 0.3) is 5.91 Å². The number of anilines is 1. The summed E-state index contributed by atoms with van der Waals surface area (Å²) in [6.45, 7) is 5.66. The minimum atomic E-state index is -1.54. The number of ether oxygens (including phenoxy) is 1. The molecule has 3 atom stereocenters. The SMILES string of the molecule is Cc1cccc(OCCCC(=O)N2C[C@@H]3C[C@@H]3c3c(-c4cnn(Cc5cccc(C(=O)N[C@@H](CC(=O)O)C(=O)O)c5)c4)cccc32)c1C. The highest BCUT2D eigenvalue weighted by atomic mass is 16.5. The molecule has 1 aliphatic carbocycles. The van der Waals surface area contributed by atoms with Crippen LogP contribution < -0.4 is 15.0 Å². The third kappa shape index (κ3) is 7.10. The van der Waals surface area contributed by atoms with Crippen LogP contribution in [0.4, 0.5) is 5.69 Å². The van der Waals surface area contributed by atoms with E-state index in [1.54, 1.807) is 29.1 Å². The predicted octanol–water partition coefficient (Wildman–Crippen LogP) is 5.18. The number of hydrogen-bond acceptors (Lipinski definition) is 6. The van der Waals surface area contributed by atoms with Gasteiger partial charge in [-0.25, -0.2) is 4.79 Å². The highest BCUT2D eigenvalue weighted by Gasteiger charge is 2.47. The average molecular weight is 651 g/mol. The molecule has 11 nitrogen and oxygen atoms in total. The molecule has 0 radical (unpaired) electrons. The number of hydrogen-bond donors (Lipinski definition) is 3. The van der Waals surface area contributed by atoms with Gasteiger partial charge in [-0.1, -0.05) is 36.4 Å². The molecule has 48 heavy (non-hydrogen) atoms. The molecule has 2 amide bonds. The first kappa shape index (κ1) is 32.5. The second-order valence-electron chi connectivity index (χ2n) is 12.6. The second-order valence-corrected chi connectivity index (χ2v) is 12.6. The molecule has 2 heterocycles. The van der Waals surface area contributed by atoms with Crippen molar-refractivity contribution in [2.75, 3.05) is 18.1 Å². The van der Waals surface area contributed by atoms with Crippen LogP contribution in [0.5, 0.6) is 5.75 Å². The smallest absolute Gasteiger partial charge is 0.326 e. The van der Waals surface area contributed by atoms with Crippen LogP contribution in [0.1, 0.15) is 64.2 Å². The summed E-state index contributed by atoms with van der Waals surface area (Å²) >= 11 is 0. The van der Waals surface area contributed by atoms with Crippen LogP contribution in [0.2, 0.25) is 0 Å². The number of nitrogens with zero attached hydrogens (tertiary/aromatic N) is 3. The van der Waals surface area contributed by atoms with Gasteiger partial charge in [-0.3, -0.25) is 19.1 Å². The summed E-state index contributed by atoms with van der Waals surface area (Å²) < 4.78 is 7.76. The third-order valence-corrected chi connectivity index (χ3v) is 9.19. The first-order valence-electron chi connectivity index (χ1n) is 16.1. The molecule has 248 valence electrons. The standard InChI is InChI=1S/C37H38N4O7/c1-22-7-3-12-32(23(22)2)48-14-6-13-33(42)41-21-26-16-29(26)35-28(10-5-11-31(35)41)27-18-38-40(20-27)19-24-8-4-9-25(15-24)36(45)39-30(37(46)47)17-34(43)44/h3-5,7-12,15,18,20,26,29-30H,6,13-14,16-17,19,21H2,1-2H3,(H,39,45)(H,43,44)(H,46,47)/t26-,29-,30-/m0/s1. The van der Waals surface area contributed by atoms with Crippen molar-refractivity contribution in [1.29, 1.82) is 0 Å². The normalized spacial score (nSPS) is 16.8. The number of fused-ring (bicyclic) bond motifs is 3. The molecule has 11 heteroatoms. The molecule has 0 spiro atoms. The quantitative estimate of drug-likeness (QED) is 0.168. The highest BCUT2D eigenvalue weighted by Crippen LogP contribution is 2.57. The lowest BCUT2D eigenvalue weighted by Crippen LogP contribution is -2.42. The van der Waals surface area contributed by atoms with Crippen LogP contribution in [0.25, 0.3) is 11.1 Å². The fourth-order valence-electron chi connectivity index (χ4n) is 6.43. The first-order valence-corrected chi connectivity index (χ1v) is 16.1. The van der Waals surface area contributed by atoms with Gasteiger partial charge in [-0.15, -0.1) is 0 Å². The van der Waals surface area contributed by atoms with Crippen molar-refractivity contribution in [1.82, 2.24) is 15.1 Å². The third-order valence-electron chi connectivity index (χ3n) is 9.19. The molecule has 0 unspecified atom stereocenters. The zero-order valence-electron chi connectivity index (χ0n) is 26.9. The lowest BCUT2D eigenvalue weighted by atomic mass is 9.92. The Hall–Kier alpha value is -5.45. The van der Waals surface area contributed by atoms with Crippen molar-refractivity contribution in [3.05, 3.63) is 101 Å². The van der Waals surface area contributed by atoms with Crippen molar-refractivity contribution in [3.63, 3.8) is 0 Å². The molecule has 1 aromatic heterocycles. The van der Waals surface area contributed by atoms with E-state index >= 15 is 0 Å². The molecular formula is C37H38N4O7. The van der Waals surface area contributed by atoms with Gasteiger partial charge in [-0.2, -0.15) is 5.10 Å². The Labute approximate surface area is 278 Å². The van der Waals surface area contributed by atoms with Crippen LogP contribution in [0.15, 0.2) is 73.1 Å². The molecule has 2 aliphatic rings. The summed E-state index contributed by atoms with van der Waals surface area (Å²) in [4.78, 5) is 50.5. The molecule has 1 aliphatic heterocycles. The topological polar surface area (TPSA) is 151 Å². The minimum absolute atomic E-state index is 0.0977. The van der Waals surface area contributed by atoms with Crippen LogP contribution in [-0.4, -0.2) is 62.9 Å².